The van der Waals surface area contributed by atoms with Crippen molar-refractivity contribution < 1.29 is 45.4 Å². The van der Waals surface area contributed by atoms with Crippen LogP contribution >= 0.6 is 0 Å². The lowest BCUT2D eigenvalue weighted by Gasteiger charge is -2.30. The summed E-state index contributed by atoms with van der Waals surface area (Å²) in [4.78, 5) is 25.3. The lowest BCUT2D eigenvalue weighted by atomic mass is 10.1. The van der Waals surface area contributed by atoms with E-state index >= 15 is 0 Å². The van der Waals surface area contributed by atoms with Crippen LogP contribution in [-0.4, -0.2) is 83.7 Å². The predicted octanol–water partition coefficient (Wildman–Crippen LogP) is 1.82. The first-order valence-electron chi connectivity index (χ1n) is 10.3. The van der Waals surface area contributed by atoms with Crippen molar-refractivity contribution >= 4 is 27.6 Å². The summed E-state index contributed by atoms with van der Waals surface area (Å²) in [5, 5.41) is 0. The molecule has 1 saturated heterocycles. The van der Waals surface area contributed by atoms with Crippen molar-refractivity contribution in [1.82, 2.24) is 4.90 Å². The molecule has 0 radical (unpaired) electrons. The fraction of sp³-hybridized carbons (Fsp3) is 0.600. The minimum absolute atomic E-state index is 0.108. The Hall–Kier alpha value is -2.38. The summed E-state index contributed by atoms with van der Waals surface area (Å²) >= 11 is 0. The first-order valence-corrected chi connectivity index (χ1v) is 12.2. The molecule has 1 aliphatic heterocycles. The Bertz CT molecular complexity index is 974. The van der Waals surface area contributed by atoms with Gasteiger partial charge in [-0.3, -0.25) is 9.21 Å². The lowest BCUT2D eigenvalue weighted by Crippen LogP contribution is -2.43. The van der Waals surface area contributed by atoms with Crippen LogP contribution in [0.4, 0.5) is 18.9 Å². The smallest absolute Gasteiger partial charge is 0.491 e. The SMILES string of the molecule is CS(=O)(=O)N(CCN1CCOCC1)c1ccc(C(=O)OC(=O)C(F)(F)F)c(OCC2CC2)c1. The van der Waals surface area contributed by atoms with Gasteiger partial charge in [-0.1, -0.05) is 0 Å². The highest BCUT2D eigenvalue weighted by Crippen LogP contribution is 2.33. The van der Waals surface area contributed by atoms with E-state index < -0.39 is 33.7 Å². The second-order valence-electron chi connectivity index (χ2n) is 7.90. The highest BCUT2D eigenvalue weighted by atomic mass is 32.2. The Morgan fingerprint density at radius 1 is 1.21 bits per heavy atom. The van der Waals surface area contributed by atoms with Crippen molar-refractivity contribution in [3.8, 4) is 5.75 Å². The molecule has 0 bridgehead atoms. The van der Waals surface area contributed by atoms with E-state index in [-0.39, 0.29) is 30.5 Å². The van der Waals surface area contributed by atoms with E-state index in [4.69, 9.17) is 9.47 Å². The Balaban J connectivity index is 1.84. The average molecular weight is 494 g/mol. The number of alkyl halides is 3. The minimum Gasteiger partial charge on any atom is -0.492 e. The van der Waals surface area contributed by atoms with E-state index in [1.165, 1.54) is 12.1 Å². The van der Waals surface area contributed by atoms with Crippen LogP contribution in [0.2, 0.25) is 0 Å². The zero-order chi connectivity index (χ0) is 24.2. The van der Waals surface area contributed by atoms with Gasteiger partial charge < -0.3 is 14.2 Å². The quantitative estimate of drug-likeness (QED) is 0.379. The van der Waals surface area contributed by atoms with Gasteiger partial charge in [-0.2, -0.15) is 13.2 Å². The maximum atomic E-state index is 12.5. The van der Waals surface area contributed by atoms with Crippen LogP contribution in [0.15, 0.2) is 18.2 Å². The van der Waals surface area contributed by atoms with Gasteiger partial charge in [0.1, 0.15) is 11.3 Å². The van der Waals surface area contributed by atoms with E-state index in [1.54, 1.807) is 0 Å². The molecule has 9 nitrogen and oxygen atoms in total. The number of morpholine rings is 1. The highest BCUT2D eigenvalue weighted by Gasteiger charge is 2.43. The summed E-state index contributed by atoms with van der Waals surface area (Å²) < 4.78 is 78.3. The molecule has 1 aromatic rings. The van der Waals surface area contributed by atoms with Gasteiger partial charge in [0.15, 0.2) is 0 Å². The summed E-state index contributed by atoms with van der Waals surface area (Å²) in [7, 11) is -3.73. The molecule has 1 aliphatic carbocycles. The maximum Gasteiger partial charge on any atom is 0.491 e. The zero-order valence-corrected chi connectivity index (χ0v) is 18.8. The molecule has 3 rings (SSSR count). The van der Waals surface area contributed by atoms with Crippen molar-refractivity contribution in [2.75, 3.05) is 56.6 Å². The molecule has 0 spiro atoms. The number of esters is 2. The van der Waals surface area contributed by atoms with Gasteiger partial charge in [-0.25, -0.2) is 18.0 Å². The molecule has 2 aliphatic rings. The number of nitrogens with zero attached hydrogens (tertiary/aromatic N) is 2. The number of hydrogen-bond donors (Lipinski definition) is 0. The molecule has 0 unspecified atom stereocenters. The van der Waals surface area contributed by atoms with Crippen LogP contribution in [-0.2, 0) is 24.3 Å². The van der Waals surface area contributed by atoms with E-state index in [0.717, 1.165) is 29.5 Å². The molecule has 1 aromatic carbocycles. The summed E-state index contributed by atoms with van der Waals surface area (Å²) in [6.45, 7) is 3.15. The van der Waals surface area contributed by atoms with Crippen LogP contribution in [0, 0.1) is 5.92 Å². The summed E-state index contributed by atoms with van der Waals surface area (Å²) in [6.07, 6.45) is -2.50. The van der Waals surface area contributed by atoms with Crippen molar-refractivity contribution in [2.45, 2.75) is 19.0 Å². The normalized spacial score (nSPS) is 17.5. The molecular weight excluding hydrogens is 469 g/mol. The largest absolute Gasteiger partial charge is 0.492 e. The number of benzene rings is 1. The van der Waals surface area contributed by atoms with Gasteiger partial charge in [0.05, 0.1) is 31.8 Å². The topological polar surface area (TPSA) is 102 Å². The number of hydrogen-bond acceptors (Lipinski definition) is 8. The third-order valence-corrected chi connectivity index (χ3v) is 6.38. The van der Waals surface area contributed by atoms with Crippen LogP contribution in [0.1, 0.15) is 23.2 Å². The average Bonchev–Trinajstić information content (AvgIpc) is 3.56. The van der Waals surface area contributed by atoms with Gasteiger partial charge in [-0.05, 0) is 30.9 Å². The Morgan fingerprint density at radius 3 is 2.45 bits per heavy atom. The third kappa shape index (κ3) is 7.30. The van der Waals surface area contributed by atoms with Gasteiger partial charge in [0.2, 0.25) is 10.0 Å². The van der Waals surface area contributed by atoms with E-state index in [0.29, 0.717) is 32.8 Å². The standard InChI is InChI=1S/C20H25F3N2O7S/c1-33(28,29)25(7-6-24-8-10-30-11-9-24)15-4-5-16(17(12-15)31-13-14-2-3-14)18(26)32-19(27)20(21,22)23/h4-5,12,14H,2-3,6-11,13H2,1H3. The second-order valence-corrected chi connectivity index (χ2v) is 9.81. The fourth-order valence-corrected chi connectivity index (χ4v) is 4.10. The highest BCUT2D eigenvalue weighted by molar-refractivity contribution is 7.92. The molecule has 1 saturated carbocycles. The molecule has 0 aromatic heterocycles. The number of sulfonamides is 1. The maximum absolute atomic E-state index is 12.5. The number of carbonyl (C=O) groups excluding carboxylic acids is 2. The first kappa shape index (κ1) is 25.2. The van der Waals surface area contributed by atoms with Gasteiger partial charge in [0, 0.05) is 32.2 Å². The number of anilines is 1. The Kier molecular flexibility index (Phi) is 7.85. The number of carbonyl (C=O) groups is 2. The van der Waals surface area contributed by atoms with Gasteiger partial charge >= 0.3 is 18.1 Å². The molecule has 0 atom stereocenters. The van der Waals surface area contributed by atoms with Crippen molar-refractivity contribution in [3.05, 3.63) is 23.8 Å². The van der Waals surface area contributed by atoms with Crippen LogP contribution < -0.4 is 9.04 Å². The van der Waals surface area contributed by atoms with Crippen LogP contribution in [0.25, 0.3) is 0 Å². The number of halogens is 3. The predicted molar refractivity (Wildman–Crippen MR) is 111 cm³/mol. The summed E-state index contributed by atoms with van der Waals surface area (Å²) in [5.41, 5.74) is -0.228. The monoisotopic (exact) mass is 494 g/mol. The number of ether oxygens (including phenoxy) is 3. The molecule has 184 valence electrons. The van der Waals surface area contributed by atoms with E-state index in [9.17, 15) is 31.2 Å². The Morgan fingerprint density at radius 2 is 1.88 bits per heavy atom. The molecule has 0 amide bonds. The van der Waals surface area contributed by atoms with Gasteiger partial charge in [-0.15, -0.1) is 0 Å². The molecule has 1 heterocycles. The first-order chi connectivity index (χ1) is 15.4. The molecule has 0 N–H and O–H groups in total. The van der Waals surface area contributed by atoms with Crippen LogP contribution in [0.3, 0.4) is 0 Å². The minimum atomic E-state index is -5.34. The molecule has 33 heavy (non-hydrogen) atoms. The second kappa shape index (κ2) is 10.3. The van der Waals surface area contributed by atoms with Crippen molar-refractivity contribution in [1.29, 1.82) is 0 Å². The summed E-state index contributed by atoms with van der Waals surface area (Å²) in [5.74, 6) is -4.09. The molecule has 2 fully saturated rings. The zero-order valence-electron chi connectivity index (χ0n) is 18.0. The summed E-state index contributed by atoms with van der Waals surface area (Å²) in [6, 6.07) is 3.62. The van der Waals surface area contributed by atoms with Crippen molar-refractivity contribution in [3.63, 3.8) is 0 Å². The Labute approximate surface area is 189 Å². The van der Waals surface area contributed by atoms with Crippen molar-refractivity contribution in [2.24, 2.45) is 5.92 Å². The third-order valence-electron chi connectivity index (χ3n) is 5.18. The molecule has 13 heteroatoms. The van der Waals surface area contributed by atoms with E-state index in [1.807, 2.05) is 4.90 Å². The van der Waals surface area contributed by atoms with Gasteiger partial charge in [0.25, 0.3) is 0 Å². The number of rotatable bonds is 9. The fourth-order valence-electron chi connectivity index (χ4n) is 3.19. The molecular formula is C20H25F3N2O7S. The van der Waals surface area contributed by atoms with Crippen LogP contribution in [0.5, 0.6) is 5.75 Å². The lowest BCUT2D eigenvalue weighted by molar-refractivity contribution is -0.193. The van der Waals surface area contributed by atoms with E-state index in [2.05, 4.69) is 4.74 Å².